The number of hydrogen-bond donors (Lipinski definition) is 1. The van der Waals surface area contributed by atoms with Gasteiger partial charge in [0.2, 0.25) is 5.91 Å². The van der Waals surface area contributed by atoms with Gasteiger partial charge in [-0.3, -0.25) is 4.79 Å². The van der Waals surface area contributed by atoms with Crippen molar-refractivity contribution in [3.05, 3.63) is 34.1 Å². The molecule has 0 saturated heterocycles. The van der Waals surface area contributed by atoms with Gasteiger partial charge in [-0.15, -0.1) is 0 Å². The SMILES string of the molecule is O=C(N/N=C\c1ccc(Br)cc1F)C1CC1. The Labute approximate surface area is 101 Å². The highest BCUT2D eigenvalue weighted by atomic mass is 79.9. The van der Waals surface area contributed by atoms with Gasteiger partial charge < -0.3 is 0 Å². The molecule has 0 unspecified atom stereocenters. The second-order valence-electron chi connectivity index (χ2n) is 3.67. The molecule has 16 heavy (non-hydrogen) atoms. The molecule has 1 saturated carbocycles. The number of hydrazone groups is 1. The summed E-state index contributed by atoms with van der Waals surface area (Å²) in [5, 5.41) is 3.71. The van der Waals surface area contributed by atoms with Gasteiger partial charge in [0.1, 0.15) is 5.82 Å². The molecule has 0 bridgehead atoms. The minimum absolute atomic E-state index is 0.0891. The molecule has 1 aromatic rings. The normalized spacial score (nSPS) is 15.4. The summed E-state index contributed by atoms with van der Waals surface area (Å²) in [6, 6.07) is 4.66. The lowest BCUT2D eigenvalue weighted by Crippen LogP contribution is -2.19. The standard InChI is InChI=1S/C11H10BrFN2O/c12-9-4-3-8(10(13)5-9)6-14-15-11(16)7-1-2-7/h3-7H,1-2H2,(H,15,16)/b14-6-. The molecular weight excluding hydrogens is 275 g/mol. The fourth-order valence-electron chi connectivity index (χ4n) is 1.21. The van der Waals surface area contributed by atoms with E-state index in [2.05, 4.69) is 26.5 Å². The Morgan fingerprint density at radius 3 is 2.94 bits per heavy atom. The van der Waals surface area contributed by atoms with E-state index in [1.165, 1.54) is 12.3 Å². The van der Waals surface area contributed by atoms with Crippen molar-refractivity contribution in [2.45, 2.75) is 12.8 Å². The van der Waals surface area contributed by atoms with Crippen LogP contribution in [0.5, 0.6) is 0 Å². The van der Waals surface area contributed by atoms with Crippen LogP contribution in [0, 0.1) is 11.7 Å². The number of carbonyl (C=O) groups is 1. The van der Waals surface area contributed by atoms with Crippen LogP contribution in [0.1, 0.15) is 18.4 Å². The summed E-state index contributed by atoms with van der Waals surface area (Å²) in [6.07, 6.45) is 3.16. The molecule has 84 valence electrons. The first-order valence-corrected chi connectivity index (χ1v) is 5.74. The van der Waals surface area contributed by atoms with Crippen LogP contribution in [-0.2, 0) is 4.79 Å². The minimum Gasteiger partial charge on any atom is -0.273 e. The highest BCUT2D eigenvalue weighted by Gasteiger charge is 2.29. The van der Waals surface area contributed by atoms with Gasteiger partial charge in [-0.1, -0.05) is 15.9 Å². The maximum Gasteiger partial charge on any atom is 0.243 e. The van der Waals surface area contributed by atoms with Crippen LogP contribution in [0.25, 0.3) is 0 Å². The van der Waals surface area contributed by atoms with E-state index in [0.717, 1.165) is 12.8 Å². The van der Waals surface area contributed by atoms with Crippen LogP contribution in [0.3, 0.4) is 0 Å². The number of nitrogens with one attached hydrogen (secondary N) is 1. The third-order valence-corrected chi connectivity index (χ3v) is 2.78. The maximum atomic E-state index is 13.3. The van der Waals surface area contributed by atoms with Crippen LogP contribution in [-0.4, -0.2) is 12.1 Å². The third kappa shape index (κ3) is 2.88. The first kappa shape index (κ1) is 11.3. The molecule has 0 heterocycles. The fourth-order valence-corrected chi connectivity index (χ4v) is 1.54. The van der Waals surface area contributed by atoms with Gasteiger partial charge in [0.25, 0.3) is 0 Å². The van der Waals surface area contributed by atoms with Crippen molar-refractivity contribution in [2.75, 3.05) is 0 Å². The van der Waals surface area contributed by atoms with E-state index in [4.69, 9.17) is 0 Å². The Kier molecular flexibility index (Phi) is 3.33. The van der Waals surface area contributed by atoms with E-state index in [9.17, 15) is 9.18 Å². The Hall–Kier alpha value is -1.23. The summed E-state index contributed by atoms with van der Waals surface area (Å²) in [4.78, 5) is 11.2. The predicted molar refractivity (Wildman–Crippen MR) is 62.6 cm³/mol. The van der Waals surface area contributed by atoms with Crippen molar-refractivity contribution in [2.24, 2.45) is 11.0 Å². The summed E-state index contributed by atoms with van der Waals surface area (Å²) in [7, 11) is 0. The Morgan fingerprint density at radius 1 is 1.56 bits per heavy atom. The lowest BCUT2D eigenvalue weighted by molar-refractivity contribution is -0.122. The molecule has 5 heteroatoms. The molecule has 1 fully saturated rings. The zero-order valence-electron chi connectivity index (χ0n) is 8.41. The van der Waals surface area contributed by atoms with Gasteiger partial charge in [0.05, 0.1) is 6.21 Å². The van der Waals surface area contributed by atoms with Gasteiger partial charge in [-0.2, -0.15) is 5.10 Å². The number of nitrogens with zero attached hydrogens (tertiary/aromatic N) is 1. The molecule has 0 spiro atoms. The van der Waals surface area contributed by atoms with Gasteiger partial charge in [0.15, 0.2) is 0 Å². The number of amides is 1. The lowest BCUT2D eigenvalue weighted by Gasteiger charge is -1.98. The van der Waals surface area contributed by atoms with Crippen molar-refractivity contribution >= 4 is 28.1 Å². The number of halogens is 2. The Balaban J connectivity index is 1.97. The summed E-state index contributed by atoms with van der Waals surface area (Å²) >= 11 is 3.16. The Bertz CT molecular complexity index is 444. The molecule has 0 aliphatic heterocycles. The fraction of sp³-hybridized carbons (Fsp3) is 0.273. The average Bonchev–Trinajstić information content (AvgIpc) is 3.04. The summed E-state index contributed by atoms with van der Waals surface area (Å²) in [5.41, 5.74) is 2.73. The second kappa shape index (κ2) is 4.74. The van der Waals surface area contributed by atoms with Crippen molar-refractivity contribution in [1.82, 2.24) is 5.43 Å². The van der Waals surface area contributed by atoms with Crippen molar-refractivity contribution in [3.8, 4) is 0 Å². The minimum atomic E-state index is -0.376. The van der Waals surface area contributed by atoms with Crippen LogP contribution >= 0.6 is 15.9 Å². The zero-order valence-corrected chi connectivity index (χ0v) is 10.00. The summed E-state index contributed by atoms with van der Waals surface area (Å²) in [5.74, 6) is -0.362. The molecular formula is C11H10BrFN2O. The quantitative estimate of drug-likeness (QED) is 0.672. The largest absolute Gasteiger partial charge is 0.273 e. The first-order valence-electron chi connectivity index (χ1n) is 4.95. The van der Waals surface area contributed by atoms with Gasteiger partial charge in [0, 0.05) is 16.0 Å². The Morgan fingerprint density at radius 2 is 2.31 bits per heavy atom. The van der Waals surface area contributed by atoms with Crippen LogP contribution in [0.2, 0.25) is 0 Å². The molecule has 1 aromatic carbocycles. The highest BCUT2D eigenvalue weighted by molar-refractivity contribution is 9.10. The lowest BCUT2D eigenvalue weighted by atomic mass is 10.2. The molecule has 1 aliphatic carbocycles. The molecule has 2 rings (SSSR count). The predicted octanol–water partition coefficient (Wildman–Crippen LogP) is 2.45. The van der Waals surface area contributed by atoms with E-state index in [0.29, 0.717) is 10.0 Å². The number of rotatable bonds is 3. The molecule has 0 aromatic heterocycles. The van der Waals surface area contributed by atoms with Crippen molar-refractivity contribution in [1.29, 1.82) is 0 Å². The van der Waals surface area contributed by atoms with Crippen molar-refractivity contribution < 1.29 is 9.18 Å². The van der Waals surface area contributed by atoms with Gasteiger partial charge in [-0.05, 0) is 31.0 Å². The monoisotopic (exact) mass is 284 g/mol. The van der Waals surface area contributed by atoms with E-state index < -0.39 is 0 Å². The van der Waals surface area contributed by atoms with Crippen LogP contribution in [0.4, 0.5) is 4.39 Å². The smallest absolute Gasteiger partial charge is 0.243 e. The van der Waals surface area contributed by atoms with E-state index in [1.807, 2.05) is 0 Å². The molecule has 0 atom stereocenters. The third-order valence-electron chi connectivity index (χ3n) is 2.29. The zero-order chi connectivity index (χ0) is 11.5. The molecule has 3 nitrogen and oxygen atoms in total. The molecule has 1 aliphatic rings. The maximum absolute atomic E-state index is 13.3. The highest BCUT2D eigenvalue weighted by Crippen LogP contribution is 2.28. The van der Waals surface area contributed by atoms with Gasteiger partial charge >= 0.3 is 0 Å². The number of benzene rings is 1. The van der Waals surface area contributed by atoms with E-state index >= 15 is 0 Å². The number of carbonyl (C=O) groups excluding carboxylic acids is 1. The van der Waals surface area contributed by atoms with Crippen LogP contribution < -0.4 is 5.43 Å². The molecule has 0 radical (unpaired) electrons. The average molecular weight is 285 g/mol. The van der Waals surface area contributed by atoms with E-state index in [1.54, 1.807) is 12.1 Å². The van der Waals surface area contributed by atoms with Gasteiger partial charge in [-0.25, -0.2) is 9.82 Å². The molecule has 1 amide bonds. The first-order chi connectivity index (χ1) is 7.66. The summed E-state index contributed by atoms with van der Waals surface area (Å²) < 4.78 is 14.0. The van der Waals surface area contributed by atoms with Crippen LogP contribution in [0.15, 0.2) is 27.8 Å². The topological polar surface area (TPSA) is 41.5 Å². The second-order valence-corrected chi connectivity index (χ2v) is 4.59. The molecule has 1 N–H and O–H groups in total. The van der Waals surface area contributed by atoms with E-state index in [-0.39, 0.29) is 17.6 Å². The summed E-state index contributed by atoms with van der Waals surface area (Å²) in [6.45, 7) is 0. The number of hydrogen-bond acceptors (Lipinski definition) is 2. The van der Waals surface area contributed by atoms with Crippen molar-refractivity contribution in [3.63, 3.8) is 0 Å².